The molecule has 24 heavy (non-hydrogen) atoms. The van der Waals surface area contributed by atoms with Gasteiger partial charge in [-0.3, -0.25) is 4.79 Å². The van der Waals surface area contributed by atoms with E-state index in [4.69, 9.17) is 9.47 Å². The number of hydrogen-bond acceptors (Lipinski definition) is 6. The minimum absolute atomic E-state index is 0.00847. The maximum absolute atomic E-state index is 12.1. The molecule has 3 heterocycles. The van der Waals surface area contributed by atoms with Crippen molar-refractivity contribution in [1.82, 2.24) is 4.98 Å². The summed E-state index contributed by atoms with van der Waals surface area (Å²) in [6, 6.07) is 7.92. The summed E-state index contributed by atoms with van der Waals surface area (Å²) >= 11 is 1.66. The molecule has 6 nitrogen and oxygen atoms in total. The van der Waals surface area contributed by atoms with Crippen molar-refractivity contribution in [3.05, 3.63) is 34.7 Å². The molecule has 1 atom stereocenters. The number of fused-ring (bicyclic) bond motifs is 1. The Hall–Kier alpha value is -2.12. The van der Waals surface area contributed by atoms with E-state index in [-0.39, 0.29) is 11.8 Å². The maximum atomic E-state index is 12.1. The number of methoxy groups -OCH3 is 1. The topological polar surface area (TPSA) is 63.7 Å². The van der Waals surface area contributed by atoms with Crippen LogP contribution in [0.1, 0.15) is 22.8 Å². The van der Waals surface area contributed by atoms with Gasteiger partial charge in [0.15, 0.2) is 5.13 Å². The molecule has 2 aliphatic heterocycles. The van der Waals surface area contributed by atoms with Gasteiger partial charge in [-0.15, -0.1) is 0 Å². The summed E-state index contributed by atoms with van der Waals surface area (Å²) < 4.78 is 10.7. The predicted molar refractivity (Wildman–Crippen MR) is 93.2 cm³/mol. The summed E-state index contributed by atoms with van der Waals surface area (Å²) in [5.41, 5.74) is 1.09. The van der Waals surface area contributed by atoms with E-state index in [9.17, 15) is 4.79 Å². The van der Waals surface area contributed by atoms with Gasteiger partial charge < -0.3 is 19.7 Å². The van der Waals surface area contributed by atoms with E-state index in [2.05, 4.69) is 15.2 Å². The van der Waals surface area contributed by atoms with Crippen LogP contribution in [0.25, 0.3) is 0 Å². The number of rotatable bonds is 3. The Morgan fingerprint density at radius 1 is 1.38 bits per heavy atom. The van der Waals surface area contributed by atoms with Gasteiger partial charge in [-0.2, -0.15) is 0 Å². The molecule has 1 amide bonds. The molecular weight excluding hydrogens is 326 g/mol. The number of anilines is 2. The number of hydrogen-bond donors (Lipinski definition) is 1. The number of nitrogens with zero attached hydrogens (tertiary/aromatic N) is 2. The molecule has 4 rings (SSSR count). The van der Waals surface area contributed by atoms with Crippen LogP contribution in [0.3, 0.4) is 0 Å². The number of amides is 1. The van der Waals surface area contributed by atoms with Gasteiger partial charge in [0.25, 0.3) is 0 Å². The molecule has 0 radical (unpaired) electrons. The molecule has 0 unspecified atom stereocenters. The lowest BCUT2D eigenvalue weighted by atomic mass is 9.91. The Kier molecular flexibility index (Phi) is 4.12. The monoisotopic (exact) mass is 345 g/mol. The lowest BCUT2D eigenvalue weighted by Crippen LogP contribution is -2.36. The average molecular weight is 345 g/mol. The molecule has 0 saturated carbocycles. The van der Waals surface area contributed by atoms with Gasteiger partial charge >= 0.3 is 0 Å². The third-order valence-corrected chi connectivity index (χ3v) is 5.61. The van der Waals surface area contributed by atoms with Crippen LogP contribution in [0.5, 0.6) is 5.75 Å². The van der Waals surface area contributed by atoms with Crippen molar-refractivity contribution in [2.24, 2.45) is 0 Å². The fourth-order valence-electron chi connectivity index (χ4n) is 3.12. The van der Waals surface area contributed by atoms with Crippen molar-refractivity contribution >= 4 is 28.2 Å². The van der Waals surface area contributed by atoms with Crippen molar-refractivity contribution in [2.75, 3.05) is 43.6 Å². The van der Waals surface area contributed by atoms with Crippen LogP contribution in [-0.2, 0) is 9.53 Å². The van der Waals surface area contributed by atoms with Crippen LogP contribution in [0.15, 0.2) is 24.3 Å². The highest BCUT2D eigenvalue weighted by Gasteiger charge is 2.31. The van der Waals surface area contributed by atoms with E-state index in [0.29, 0.717) is 12.2 Å². The Labute approximate surface area is 144 Å². The standard InChI is InChI=1S/C17H19N3O3S/c1-22-12-4-2-3-11(9-12)13-10-14(21)18-16-15(13)24-17(19-16)20-5-7-23-8-6-20/h2-4,9,13H,5-8,10H2,1H3,(H,18,21)/t13-/m1/s1. The second-order valence-electron chi connectivity index (χ2n) is 5.89. The van der Waals surface area contributed by atoms with Crippen LogP contribution < -0.4 is 15.0 Å². The first-order chi connectivity index (χ1) is 11.7. The first-order valence-electron chi connectivity index (χ1n) is 8.02. The lowest BCUT2D eigenvalue weighted by molar-refractivity contribution is -0.116. The van der Waals surface area contributed by atoms with Crippen molar-refractivity contribution in [3.63, 3.8) is 0 Å². The van der Waals surface area contributed by atoms with E-state index < -0.39 is 0 Å². The maximum Gasteiger partial charge on any atom is 0.226 e. The average Bonchev–Trinajstić information content (AvgIpc) is 3.05. The van der Waals surface area contributed by atoms with Gasteiger partial charge in [-0.05, 0) is 17.7 Å². The Morgan fingerprint density at radius 2 is 2.21 bits per heavy atom. The number of carbonyl (C=O) groups is 1. The van der Waals surface area contributed by atoms with Gasteiger partial charge in [0.1, 0.15) is 11.6 Å². The highest BCUT2D eigenvalue weighted by molar-refractivity contribution is 7.16. The van der Waals surface area contributed by atoms with Crippen LogP contribution in [0, 0.1) is 0 Å². The Balaban J connectivity index is 1.70. The van der Waals surface area contributed by atoms with E-state index in [1.165, 1.54) is 0 Å². The van der Waals surface area contributed by atoms with Crippen molar-refractivity contribution in [1.29, 1.82) is 0 Å². The Bertz CT molecular complexity index is 755. The molecule has 2 aromatic rings. The zero-order chi connectivity index (χ0) is 16.5. The minimum Gasteiger partial charge on any atom is -0.497 e. The summed E-state index contributed by atoms with van der Waals surface area (Å²) in [7, 11) is 1.65. The summed E-state index contributed by atoms with van der Waals surface area (Å²) in [5.74, 6) is 1.54. The molecule has 0 aliphatic carbocycles. The molecule has 1 saturated heterocycles. The molecule has 1 fully saturated rings. The van der Waals surface area contributed by atoms with Crippen molar-refractivity contribution in [3.8, 4) is 5.75 Å². The SMILES string of the molecule is COc1cccc([C@H]2CC(=O)Nc3nc(N4CCOCC4)sc32)c1. The van der Waals surface area contributed by atoms with Gasteiger partial charge in [-0.25, -0.2) is 4.98 Å². The van der Waals surface area contributed by atoms with Crippen molar-refractivity contribution in [2.45, 2.75) is 12.3 Å². The zero-order valence-corrected chi connectivity index (χ0v) is 14.3. The quantitative estimate of drug-likeness (QED) is 0.926. The number of ether oxygens (including phenoxy) is 2. The number of benzene rings is 1. The first-order valence-corrected chi connectivity index (χ1v) is 8.83. The number of thiazole rings is 1. The van der Waals surface area contributed by atoms with E-state index >= 15 is 0 Å². The van der Waals surface area contributed by atoms with E-state index in [1.807, 2.05) is 24.3 Å². The summed E-state index contributed by atoms with van der Waals surface area (Å²) in [4.78, 5) is 20.1. The second-order valence-corrected chi connectivity index (χ2v) is 6.90. The number of nitrogens with one attached hydrogen (secondary N) is 1. The normalized spacial score (nSPS) is 20.5. The highest BCUT2D eigenvalue weighted by atomic mass is 32.1. The summed E-state index contributed by atoms with van der Waals surface area (Å²) in [5, 5.41) is 3.88. The summed E-state index contributed by atoms with van der Waals surface area (Å²) in [6.45, 7) is 3.11. The molecule has 1 aromatic carbocycles. The van der Waals surface area contributed by atoms with Gasteiger partial charge in [0.05, 0.1) is 25.2 Å². The third kappa shape index (κ3) is 2.85. The highest BCUT2D eigenvalue weighted by Crippen LogP contribution is 2.43. The largest absolute Gasteiger partial charge is 0.497 e. The van der Waals surface area contributed by atoms with Gasteiger partial charge in [0, 0.05) is 25.4 Å². The lowest BCUT2D eigenvalue weighted by Gasteiger charge is -2.26. The molecule has 2 aliphatic rings. The molecule has 1 N–H and O–H groups in total. The first kappa shape index (κ1) is 15.4. The fourth-order valence-corrected chi connectivity index (χ4v) is 4.32. The van der Waals surface area contributed by atoms with Crippen LogP contribution in [0.4, 0.5) is 10.9 Å². The molecule has 1 aromatic heterocycles. The minimum atomic E-state index is 0.00847. The summed E-state index contributed by atoms with van der Waals surface area (Å²) in [6.07, 6.45) is 0.435. The molecule has 0 bridgehead atoms. The van der Waals surface area contributed by atoms with Crippen LogP contribution in [0.2, 0.25) is 0 Å². The molecule has 126 valence electrons. The Morgan fingerprint density at radius 3 is 3.00 bits per heavy atom. The van der Waals surface area contributed by atoms with E-state index in [1.54, 1.807) is 18.4 Å². The van der Waals surface area contributed by atoms with Crippen LogP contribution in [-0.4, -0.2) is 44.3 Å². The molecular formula is C17H19N3O3S. The number of aromatic nitrogens is 1. The van der Waals surface area contributed by atoms with Crippen LogP contribution >= 0.6 is 11.3 Å². The van der Waals surface area contributed by atoms with E-state index in [0.717, 1.165) is 47.6 Å². The van der Waals surface area contributed by atoms with Gasteiger partial charge in [0.2, 0.25) is 5.91 Å². The predicted octanol–water partition coefficient (Wildman–Crippen LogP) is 2.46. The smallest absolute Gasteiger partial charge is 0.226 e. The fraction of sp³-hybridized carbons (Fsp3) is 0.412. The number of morpholine rings is 1. The third-order valence-electron chi connectivity index (χ3n) is 4.38. The zero-order valence-electron chi connectivity index (χ0n) is 13.4. The van der Waals surface area contributed by atoms with Gasteiger partial charge in [-0.1, -0.05) is 23.5 Å². The number of carbonyl (C=O) groups excluding carboxylic acids is 1. The second kappa shape index (κ2) is 6.41. The molecule has 7 heteroatoms. The molecule has 0 spiro atoms. The van der Waals surface area contributed by atoms with Crippen molar-refractivity contribution < 1.29 is 14.3 Å².